The van der Waals surface area contributed by atoms with Gasteiger partial charge in [0.1, 0.15) is 11.9 Å². The standard InChI is InChI=1S/C25H29N5O5/c1-2-34-24(32)18-9-12-29(13-10-18)15-21-16-30(25(33)35-21)20-7-5-17(6-8-20)22(26)28-23(31)19-4-3-11-27-14-19/h3-8,11,14,18,21H,2,9-10,12-13,15-16H2,1H3,(H2,26,28,31). The Morgan fingerprint density at radius 1 is 1.17 bits per heavy atom. The number of nitrogens with zero attached hydrogens (tertiary/aromatic N) is 3. The lowest BCUT2D eigenvalue weighted by Crippen LogP contribution is -2.41. The van der Waals surface area contributed by atoms with Crippen molar-refractivity contribution in [2.45, 2.75) is 25.9 Å². The third kappa shape index (κ3) is 6.02. The summed E-state index contributed by atoms with van der Waals surface area (Å²) in [6.45, 7) is 4.77. The van der Waals surface area contributed by atoms with E-state index < -0.39 is 12.0 Å². The topological polar surface area (TPSA) is 125 Å². The van der Waals surface area contributed by atoms with Crippen LogP contribution in [0.4, 0.5) is 10.5 Å². The number of hydrogen-bond acceptors (Lipinski definition) is 8. The summed E-state index contributed by atoms with van der Waals surface area (Å²) in [5.74, 6) is -0.637. The van der Waals surface area contributed by atoms with Crippen molar-refractivity contribution in [1.82, 2.24) is 15.2 Å². The lowest BCUT2D eigenvalue weighted by Gasteiger charge is -2.31. The number of carbonyl (C=O) groups excluding carboxylic acids is 3. The Labute approximate surface area is 203 Å². The fourth-order valence-electron chi connectivity index (χ4n) is 4.29. The van der Waals surface area contributed by atoms with Crippen LogP contribution in [0.2, 0.25) is 0 Å². The molecule has 2 aliphatic rings. The van der Waals surface area contributed by atoms with E-state index in [4.69, 9.17) is 14.9 Å². The Kier molecular flexibility index (Phi) is 7.71. The zero-order valence-electron chi connectivity index (χ0n) is 19.6. The van der Waals surface area contributed by atoms with Gasteiger partial charge in [0.25, 0.3) is 5.91 Å². The molecule has 2 amide bonds. The lowest BCUT2D eigenvalue weighted by atomic mass is 9.97. The molecule has 0 saturated carbocycles. The van der Waals surface area contributed by atoms with Crippen LogP contribution in [0.1, 0.15) is 35.7 Å². The van der Waals surface area contributed by atoms with Crippen LogP contribution in [0.25, 0.3) is 0 Å². The summed E-state index contributed by atoms with van der Waals surface area (Å²) < 4.78 is 10.7. The number of cyclic esters (lactones) is 1. The zero-order valence-corrected chi connectivity index (χ0v) is 19.6. The zero-order chi connectivity index (χ0) is 24.8. The molecule has 184 valence electrons. The molecule has 0 aliphatic carbocycles. The summed E-state index contributed by atoms with van der Waals surface area (Å²) in [5.41, 5.74) is 1.54. The molecule has 1 unspecified atom stereocenters. The van der Waals surface area contributed by atoms with E-state index in [0.29, 0.717) is 36.5 Å². The van der Waals surface area contributed by atoms with Gasteiger partial charge in [-0.2, -0.15) is 0 Å². The van der Waals surface area contributed by atoms with Gasteiger partial charge in [0, 0.05) is 30.2 Å². The van der Waals surface area contributed by atoms with Crippen molar-refractivity contribution in [1.29, 1.82) is 5.41 Å². The van der Waals surface area contributed by atoms with Crippen molar-refractivity contribution in [3.8, 4) is 0 Å². The van der Waals surface area contributed by atoms with Crippen molar-refractivity contribution in [2.75, 3.05) is 37.7 Å². The number of nitrogens with one attached hydrogen (secondary N) is 2. The quantitative estimate of drug-likeness (QED) is 0.355. The van der Waals surface area contributed by atoms with Crippen LogP contribution in [0.5, 0.6) is 0 Å². The fraction of sp³-hybridized carbons (Fsp3) is 0.400. The average Bonchev–Trinajstić information content (AvgIpc) is 3.24. The minimum Gasteiger partial charge on any atom is -0.466 e. The summed E-state index contributed by atoms with van der Waals surface area (Å²) in [5, 5.41) is 10.7. The smallest absolute Gasteiger partial charge is 0.414 e. The number of ether oxygens (including phenoxy) is 2. The molecule has 2 saturated heterocycles. The van der Waals surface area contributed by atoms with Gasteiger partial charge in [-0.15, -0.1) is 0 Å². The monoisotopic (exact) mass is 479 g/mol. The van der Waals surface area contributed by atoms with Crippen LogP contribution in [-0.4, -0.2) is 72.6 Å². The van der Waals surface area contributed by atoms with Crippen molar-refractivity contribution >= 4 is 29.5 Å². The number of amidine groups is 1. The maximum atomic E-state index is 12.5. The number of pyridine rings is 1. The second-order valence-corrected chi connectivity index (χ2v) is 8.56. The molecule has 3 heterocycles. The molecule has 35 heavy (non-hydrogen) atoms. The van der Waals surface area contributed by atoms with Gasteiger partial charge < -0.3 is 14.8 Å². The van der Waals surface area contributed by atoms with Crippen LogP contribution in [0.15, 0.2) is 48.8 Å². The van der Waals surface area contributed by atoms with E-state index >= 15 is 0 Å². The maximum absolute atomic E-state index is 12.5. The van der Waals surface area contributed by atoms with Gasteiger partial charge in [-0.05, 0) is 69.3 Å². The number of hydrogen-bond donors (Lipinski definition) is 2. The number of aromatic nitrogens is 1. The number of benzene rings is 1. The van der Waals surface area contributed by atoms with Gasteiger partial charge in [0.2, 0.25) is 0 Å². The van der Waals surface area contributed by atoms with Crippen molar-refractivity contribution in [3.63, 3.8) is 0 Å². The lowest BCUT2D eigenvalue weighted by molar-refractivity contribution is -0.149. The van der Waals surface area contributed by atoms with Crippen LogP contribution in [0.3, 0.4) is 0 Å². The molecule has 2 aliphatic heterocycles. The van der Waals surface area contributed by atoms with E-state index in [-0.39, 0.29) is 23.8 Å². The molecule has 1 aromatic heterocycles. The fourth-order valence-corrected chi connectivity index (χ4v) is 4.29. The Hall–Kier alpha value is -3.79. The van der Waals surface area contributed by atoms with Gasteiger partial charge in [-0.25, -0.2) is 4.79 Å². The van der Waals surface area contributed by atoms with E-state index in [0.717, 1.165) is 25.9 Å². The largest absolute Gasteiger partial charge is 0.466 e. The first-order valence-corrected chi connectivity index (χ1v) is 11.7. The second kappa shape index (κ2) is 11.1. The van der Waals surface area contributed by atoms with Gasteiger partial charge >= 0.3 is 12.1 Å². The normalized spacial score (nSPS) is 18.7. The minimum atomic E-state index is -0.413. The second-order valence-electron chi connectivity index (χ2n) is 8.56. The van der Waals surface area contributed by atoms with Gasteiger partial charge in [-0.3, -0.25) is 29.8 Å². The molecule has 1 atom stereocenters. The highest BCUT2D eigenvalue weighted by molar-refractivity contribution is 6.11. The van der Waals surface area contributed by atoms with Crippen molar-refractivity contribution < 1.29 is 23.9 Å². The van der Waals surface area contributed by atoms with Crippen molar-refractivity contribution in [2.24, 2.45) is 5.92 Å². The van der Waals surface area contributed by atoms with Crippen LogP contribution in [0, 0.1) is 11.3 Å². The Bertz CT molecular complexity index is 1070. The van der Waals surface area contributed by atoms with Gasteiger partial charge in [0.15, 0.2) is 0 Å². The molecule has 10 nitrogen and oxygen atoms in total. The molecule has 0 spiro atoms. The van der Waals surface area contributed by atoms with Crippen LogP contribution >= 0.6 is 0 Å². The maximum Gasteiger partial charge on any atom is 0.414 e. The van der Waals surface area contributed by atoms with E-state index in [9.17, 15) is 14.4 Å². The summed E-state index contributed by atoms with van der Waals surface area (Å²) in [6.07, 6.45) is 3.82. The molecule has 2 aromatic rings. The number of likely N-dealkylation sites (tertiary alicyclic amines) is 1. The van der Waals surface area contributed by atoms with E-state index in [1.165, 1.54) is 6.20 Å². The molecule has 0 bridgehead atoms. The van der Waals surface area contributed by atoms with E-state index in [2.05, 4.69) is 15.2 Å². The summed E-state index contributed by atoms with van der Waals surface area (Å²) in [6, 6.07) is 10.1. The SMILES string of the molecule is CCOC(=O)C1CCN(CC2CN(c3ccc(C(=N)NC(=O)c4cccnc4)cc3)C(=O)O2)CC1. The Balaban J connectivity index is 1.28. The molecular weight excluding hydrogens is 450 g/mol. The average molecular weight is 480 g/mol. The minimum absolute atomic E-state index is 0.0431. The van der Waals surface area contributed by atoms with Crippen LogP contribution < -0.4 is 10.2 Å². The summed E-state index contributed by atoms with van der Waals surface area (Å²) >= 11 is 0. The molecule has 0 radical (unpaired) electrons. The molecule has 1 aromatic carbocycles. The Morgan fingerprint density at radius 2 is 1.91 bits per heavy atom. The summed E-state index contributed by atoms with van der Waals surface area (Å²) in [7, 11) is 0. The Morgan fingerprint density at radius 3 is 2.57 bits per heavy atom. The highest BCUT2D eigenvalue weighted by Crippen LogP contribution is 2.24. The molecule has 10 heteroatoms. The number of esters is 1. The van der Waals surface area contributed by atoms with Crippen LogP contribution in [-0.2, 0) is 14.3 Å². The van der Waals surface area contributed by atoms with E-state index in [1.807, 2.05) is 6.92 Å². The number of anilines is 1. The van der Waals surface area contributed by atoms with Crippen molar-refractivity contribution in [3.05, 3.63) is 59.9 Å². The predicted molar refractivity (Wildman–Crippen MR) is 128 cm³/mol. The first-order valence-electron chi connectivity index (χ1n) is 11.7. The third-order valence-corrected chi connectivity index (χ3v) is 6.17. The number of amides is 2. The first kappa shape index (κ1) is 24.3. The number of rotatable bonds is 7. The molecule has 2 fully saturated rings. The highest BCUT2D eigenvalue weighted by Gasteiger charge is 2.35. The third-order valence-electron chi connectivity index (χ3n) is 6.17. The highest BCUT2D eigenvalue weighted by atomic mass is 16.6. The first-order chi connectivity index (χ1) is 16.9. The predicted octanol–water partition coefficient (Wildman–Crippen LogP) is 2.44. The molecule has 2 N–H and O–H groups in total. The number of piperidine rings is 1. The molecule has 4 rings (SSSR count). The molecular formula is C25H29N5O5. The number of carbonyl (C=O) groups is 3. The van der Waals surface area contributed by atoms with Gasteiger partial charge in [-0.1, -0.05) is 0 Å². The van der Waals surface area contributed by atoms with E-state index in [1.54, 1.807) is 47.5 Å². The summed E-state index contributed by atoms with van der Waals surface area (Å²) in [4.78, 5) is 44.3. The van der Waals surface area contributed by atoms with Gasteiger partial charge in [0.05, 0.1) is 24.6 Å².